The molecule has 0 saturated carbocycles. The van der Waals surface area contributed by atoms with Crippen LogP contribution in [0.15, 0.2) is 42.5 Å². The lowest BCUT2D eigenvalue weighted by molar-refractivity contribution is 0.199. The summed E-state index contributed by atoms with van der Waals surface area (Å²) in [6, 6.07) is 12.3. The second-order valence-corrected chi connectivity index (χ2v) is 5.60. The Hall–Kier alpha value is -1.58. The molecule has 0 spiro atoms. The Morgan fingerprint density at radius 1 is 1.14 bits per heavy atom. The van der Waals surface area contributed by atoms with Gasteiger partial charge in [0.1, 0.15) is 5.82 Å². The van der Waals surface area contributed by atoms with Gasteiger partial charge in [-0.15, -0.1) is 0 Å². The molecule has 2 nitrogen and oxygen atoms in total. The van der Waals surface area contributed by atoms with Crippen molar-refractivity contribution < 1.29 is 9.50 Å². The summed E-state index contributed by atoms with van der Waals surface area (Å²) >= 11 is 6.20. The summed E-state index contributed by atoms with van der Waals surface area (Å²) < 4.78 is 14.3. The third-order valence-electron chi connectivity index (χ3n) is 3.77. The number of hydrogen-bond acceptors (Lipinski definition) is 2. The van der Waals surface area contributed by atoms with E-state index in [0.29, 0.717) is 16.3 Å². The molecule has 112 valence electrons. The summed E-state index contributed by atoms with van der Waals surface area (Å²) in [7, 11) is 1.83. The molecule has 0 aromatic heterocycles. The van der Waals surface area contributed by atoms with Crippen molar-refractivity contribution in [2.24, 2.45) is 0 Å². The lowest BCUT2D eigenvalue weighted by Gasteiger charge is -2.28. The van der Waals surface area contributed by atoms with Crippen molar-refractivity contribution in [1.29, 1.82) is 0 Å². The molecule has 0 radical (unpaired) electrons. The van der Waals surface area contributed by atoms with E-state index >= 15 is 0 Å². The molecule has 2 aromatic carbocycles. The van der Waals surface area contributed by atoms with Crippen molar-refractivity contribution in [2.45, 2.75) is 26.0 Å². The van der Waals surface area contributed by atoms with E-state index in [9.17, 15) is 9.50 Å². The van der Waals surface area contributed by atoms with Crippen molar-refractivity contribution in [3.8, 4) is 0 Å². The van der Waals surface area contributed by atoms with Crippen molar-refractivity contribution in [3.63, 3.8) is 0 Å². The molecule has 4 heteroatoms. The molecule has 0 aliphatic heterocycles. The highest BCUT2D eigenvalue weighted by atomic mass is 35.5. The molecule has 0 aliphatic carbocycles. The number of aliphatic hydroxyl groups is 1. The normalized spacial score (nSPS) is 13.8. The Bertz CT molecular complexity index is 630. The molecular weight excluding hydrogens is 289 g/mol. The first kappa shape index (κ1) is 15.8. The number of anilines is 1. The monoisotopic (exact) mass is 307 g/mol. The molecule has 2 atom stereocenters. The van der Waals surface area contributed by atoms with Crippen LogP contribution in [0.3, 0.4) is 0 Å². The fraction of sp³-hybridized carbons (Fsp3) is 0.294. The molecule has 0 heterocycles. The van der Waals surface area contributed by atoms with E-state index in [2.05, 4.69) is 0 Å². The second kappa shape index (κ2) is 6.46. The Labute approximate surface area is 129 Å². The standard InChI is InChI=1S/C17H19ClFNO/c1-11(14-6-4-5-7-15(14)18)20(3)17-9-8-13(12(2)21)10-16(17)19/h4-12,21H,1-3H3/t11?,12-/m0/s1. The average Bonchev–Trinajstić information content (AvgIpc) is 2.46. The van der Waals surface area contributed by atoms with Gasteiger partial charge in [-0.1, -0.05) is 35.9 Å². The number of rotatable bonds is 4. The Kier molecular flexibility index (Phi) is 4.86. The SMILES string of the molecule is CC(c1ccccc1Cl)N(C)c1ccc([C@H](C)O)cc1F. The zero-order chi connectivity index (χ0) is 15.6. The summed E-state index contributed by atoms with van der Waals surface area (Å²) in [5.74, 6) is -0.352. The molecule has 21 heavy (non-hydrogen) atoms. The van der Waals surface area contributed by atoms with E-state index in [4.69, 9.17) is 11.6 Å². The molecule has 2 aromatic rings. The molecule has 0 fully saturated rings. The highest BCUT2D eigenvalue weighted by Crippen LogP contribution is 2.32. The number of halogens is 2. The largest absolute Gasteiger partial charge is 0.389 e. The Morgan fingerprint density at radius 2 is 1.81 bits per heavy atom. The maximum Gasteiger partial charge on any atom is 0.146 e. The van der Waals surface area contributed by atoms with Gasteiger partial charge < -0.3 is 10.0 Å². The van der Waals surface area contributed by atoms with E-state index in [1.165, 1.54) is 6.07 Å². The zero-order valence-electron chi connectivity index (χ0n) is 12.3. The van der Waals surface area contributed by atoms with Crippen LogP contribution in [-0.2, 0) is 0 Å². The summed E-state index contributed by atoms with van der Waals surface area (Å²) in [4.78, 5) is 1.84. The van der Waals surface area contributed by atoms with Gasteiger partial charge in [-0.05, 0) is 43.2 Å². The molecular formula is C17H19ClFNO. The van der Waals surface area contributed by atoms with E-state index in [1.54, 1.807) is 19.1 Å². The topological polar surface area (TPSA) is 23.5 Å². The third-order valence-corrected chi connectivity index (χ3v) is 4.11. The maximum absolute atomic E-state index is 14.3. The van der Waals surface area contributed by atoms with Crippen molar-refractivity contribution in [1.82, 2.24) is 0 Å². The average molecular weight is 308 g/mol. The molecule has 1 unspecified atom stereocenters. The van der Waals surface area contributed by atoms with Gasteiger partial charge in [-0.25, -0.2) is 4.39 Å². The summed E-state index contributed by atoms with van der Waals surface area (Å²) in [6.45, 7) is 3.59. The van der Waals surface area contributed by atoms with Crippen LogP contribution in [-0.4, -0.2) is 12.2 Å². The van der Waals surface area contributed by atoms with E-state index < -0.39 is 6.10 Å². The number of nitrogens with zero attached hydrogens (tertiary/aromatic N) is 1. The number of hydrogen-bond donors (Lipinski definition) is 1. The lowest BCUT2D eigenvalue weighted by Crippen LogP contribution is -2.23. The minimum atomic E-state index is -0.681. The molecule has 0 aliphatic rings. The van der Waals surface area contributed by atoms with Gasteiger partial charge in [0.15, 0.2) is 0 Å². The van der Waals surface area contributed by atoms with Crippen LogP contribution < -0.4 is 4.90 Å². The van der Waals surface area contributed by atoms with Gasteiger partial charge in [0, 0.05) is 12.1 Å². The van der Waals surface area contributed by atoms with E-state index in [-0.39, 0.29) is 11.9 Å². The quantitative estimate of drug-likeness (QED) is 0.882. The first-order chi connectivity index (χ1) is 9.91. The first-order valence-corrected chi connectivity index (χ1v) is 7.24. The number of benzene rings is 2. The third kappa shape index (κ3) is 3.36. The van der Waals surface area contributed by atoms with Crippen LogP contribution in [0.2, 0.25) is 5.02 Å². The minimum absolute atomic E-state index is 0.0643. The van der Waals surface area contributed by atoms with E-state index in [0.717, 1.165) is 5.56 Å². The van der Waals surface area contributed by atoms with Gasteiger partial charge in [0.05, 0.1) is 17.8 Å². The van der Waals surface area contributed by atoms with Crippen molar-refractivity contribution in [3.05, 3.63) is 64.4 Å². The maximum atomic E-state index is 14.3. The van der Waals surface area contributed by atoms with Crippen LogP contribution >= 0.6 is 11.6 Å². The molecule has 2 rings (SSSR count). The molecule has 0 saturated heterocycles. The summed E-state index contributed by atoms with van der Waals surface area (Å²) in [5.41, 5.74) is 1.99. The summed E-state index contributed by atoms with van der Waals surface area (Å²) in [5, 5.41) is 10.2. The van der Waals surface area contributed by atoms with Crippen LogP contribution in [0.25, 0.3) is 0 Å². The van der Waals surface area contributed by atoms with Gasteiger partial charge in [-0.2, -0.15) is 0 Å². The predicted octanol–water partition coefficient (Wildman–Crippen LogP) is 4.73. The fourth-order valence-corrected chi connectivity index (χ4v) is 2.59. The van der Waals surface area contributed by atoms with Crippen LogP contribution in [0, 0.1) is 5.82 Å². The zero-order valence-corrected chi connectivity index (χ0v) is 13.1. The predicted molar refractivity (Wildman–Crippen MR) is 85.3 cm³/mol. The van der Waals surface area contributed by atoms with E-state index in [1.807, 2.05) is 43.1 Å². The van der Waals surface area contributed by atoms with Crippen LogP contribution in [0.1, 0.15) is 37.1 Å². The smallest absolute Gasteiger partial charge is 0.146 e. The first-order valence-electron chi connectivity index (χ1n) is 6.86. The fourth-order valence-electron chi connectivity index (χ4n) is 2.30. The van der Waals surface area contributed by atoms with Gasteiger partial charge in [0.25, 0.3) is 0 Å². The second-order valence-electron chi connectivity index (χ2n) is 5.20. The molecule has 0 bridgehead atoms. The lowest BCUT2D eigenvalue weighted by atomic mass is 10.1. The highest BCUT2D eigenvalue weighted by Gasteiger charge is 2.18. The number of aliphatic hydroxyl groups excluding tert-OH is 1. The van der Waals surface area contributed by atoms with Crippen molar-refractivity contribution >= 4 is 17.3 Å². The van der Waals surface area contributed by atoms with Gasteiger partial charge >= 0.3 is 0 Å². The molecule has 0 amide bonds. The van der Waals surface area contributed by atoms with Gasteiger partial charge in [0.2, 0.25) is 0 Å². The van der Waals surface area contributed by atoms with Crippen molar-refractivity contribution in [2.75, 3.05) is 11.9 Å². The Balaban J connectivity index is 2.32. The van der Waals surface area contributed by atoms with Crippen LogP contribution in [0.5, 0.6) is 0 Å². The van der Waals surface area contributed by atoms with Crippen LogP contribution in [0.4, 0.5) is 10.1 Å². The molecule has 1 N–H and O–H groups in total. The highest BCUT2D eigenvalue weighted by molar-refractivity contribution is 6.31. The van der Waals surface area contributed by atoms with Gasteiger partial charge in [-0.3, -0.25) is 0 Å². The summed E-state index contributed by atoms with van der Waals surface area (Å²) in [6.07, 6.45) is -0.681. The Morgan fingerprint density at radius 3 is 2.38 bits per heavy atom. The minimum Gasteiger partial charge on any atom is -0.389 e.